The lowest BCUT2D eigenvalue weighted by atomic mass is 9.89. The van der Waals surface area contributed by atoms with Gasteiger partial charge in [0.2, 0.25) is 0 Å². The van der Waals surface area contributed by atoms with Gasteiger partial charge in [0.25, 0.3) is 0 Å². The second-order valence-electron chi connectivity index (χ2n) is 2.96. The zero-order valence-corrected chi connectivity index (χ0v) is 7.38. The van der Waals surface area contributed by atoms with Crippen LogP contribution < -0.4 is 0 Å². The molecule has 11 heavy (non-hydrogen) atoms. The number of hydrogen-bond donors (Lipinski definition) is 2. The van der Waals surface area contributed by atoms with E-state index in [-0.39, 0.29) is 0 Å². The van der Waals surface area contributed by atoms with Crippen molar-refractivity contribution in [2.24, 2.45) is 0 Å². The van der Waals surface area contributed by atoms with E-state index < -0.39 is 11.7 Å². The molecular weight excluding hydrogens is 140 g/mol. The molecule has 0 saturated heterocycles. The maximum Gasteiger partial charge on any atom is 0.0903 e. The van der Waals surface area contributed by atoms with Crippen molar-refractivity contribution >= 4 is 0 Å². The van der Waals surface area contributed by atoms with Crippen LogP contribution in [0, 0.1) is 0 Å². The van der Waals surface area contributed by atoms with Crippen LogP contribution in [0.5, 0.6) is 0 Å². The predicted octanol–water partition coefficient (Wildman–Crippen LogP) is 1.47. The zero-order valence-electron chi connectivity index (χ0n) is 7.38. The second-order valence-corrected chi connectivity index (χ2v) is 2.96. The van der Waals surface area contributed by atoms with Crippen molar-refractivity contribution in [1.82, 2.24) is 0 Å². The molecule has 0 aliphatic carbocycles. The number of allylic oxidation sites excluding steroid dienone is 1. The molecule has 2 heteroatoms. The minimum atomic E-state index is -0.922. The van der Waals surface area contributed by atoms with Gasteiger partial charge < -0.3 is 10.2 Å². The largest absolute Gasteiger partial charge is 0.390 e. The van der Waals surface area contributed by atoms with Crippen molar-refractivity contribution in [2.75, 3.05) is 0 Å². The summed E-state index contributed by atoms with van der Waals surface area (Å²) in [6, 6.07) is 0. The fourth-order valence-corrected chi connectivity index (χ4v) is 1.03. The van der Waals surface area contributed by atoms with Gasteiger partial charge in [0, 0.05) is 0 Å². The summed E-state index contributed by atoms with van der Waals surface area (Å²) >= 11 is 0. The molecule has 0 radical (unpaired) electrons. The third-order valence-corrected chi connectivity index (χ3v) is 2.17. The van der Waals surface area contributed by atoms with Crippen LogP contribution in [0.25, 0.3) is 0 Å². The molecule has 0 heterocycles. The molecule has 0 saturated carbocycles. The molecule has 0 rings (SSSR count). The average molecular weight is 158 g/mol. The average Bonchev–Trinajstić information content (AvgIpc) is 2.00. The zero-order chi connectivity index (χ0) is 8.91. The van der Waals surface area contributed by atoms with Crippen molar-refractivity contribution < 1.29 is 10.2 Å². The first-order valence-corrected chi connectivity index (χ1v) is 4.08. The molecule has 2 unspecified atom stereocenters. The van der Waals surface area contributed by atoms with Crippen LogP contribution in [-0.4, -0.2) is 21.9 Å². The minimum absolute atomic E-state index is 0.582. The lowest BCUT2D eigenvalue weighted by Gasteiger charge is -2.29. The molecule has 2 N–H and O–H groups in total. The van der Waals surface area contributed by atoms with Crippen LogP contribution in [-0.2, 0) is 0 Å². The maximum absolute atomic E-state index is 9.73. The first-order valence-electron chi connectivity index (χ1n) is 4.08. The fourth-order valence-electron chi connectivity index (χ4n) is 1.03. The van der Waals surface area contributed by atoms with E-state index in [2.05, 4.69) is 6.58 Å². The Kier molecular flexibility index (Phi) is 4.38. The Morgan fingerprint density at radius 2 is 2.18 bits per heavy atom. The Labute approximate surface area is 68.6 Å². The number of aliphatic hydroxyl groups excluding tert-OH is 1. The summed E-state index contributed by atoms with van der Waals surface area (Å²) < 4.78 is 0. The molecule has 0 fully saturated rings. The molecule has 0 aromatic carbocycles. The summed E-state index contributed by atoms with van der Waals surface area (Å²) in [4.78, 5) is 0. The van der Waals surface area contributed by atoms with E-state index in [0.29, 0.717) is 12.8 Å². The van der Waals surface area contributed by atoms with E-state index in [1.807, 2.05) is 6.92 Å². The smallest absolute Gasteiger partial charge is 0.0903 e. The number of aliphatic hydroxyl groups is 2. The van der Waals surface area contributed by atoms with Crippen LogP contribution in [0.3, 0.4) is 0 Å². The van der Waals surface area contributed by atoms with Gasteiger partial charge in [-0.25, -0.2) is 0 Å². The second kappa shape index (κ2) is 4.52. The summed E-state index contributed by atoms with van der Waals surface area (Å²) in [5.74, 6) is 0. The Morgan fingerprint density at radius 3 is 2.45 bits per heavy atom. The van der Waals surface area contributed by atoms with Gasteiger partial charge in [-0.3, -0.25) is 0 Å². The van der Waals surface area contributed by atoms with Crippen LogP contribution in [0.1, 0.15) is 33.1 Å². The van der Waals surface area contributed by atoms with Gasteiger partial charge in [-0.05, 0) is 26.2 Å². The Balaban J connectivity index is 3.98. The summed E-state index contributed by atoms with van der Waals surface area (Å²) in [5, 5.41) is 18.9. The third kappa shape index (κ3) is 3.04. The molecule has 0 bridgehead atoms. The highest BCUT2D eigenvalue weighted by atomic mass is 16.3. The van der Waals surface area contributed by atoms with E-state index in [1.54, 1.807) is 13.0 Å². The molecule has 0 aromatic rings. The van der Waals surface area contributed by atoms with Crippen molar-refractivity contribution in [2.45, 2.75) is 44.8 Å². The summed E-state index contributed by atoms with van der Waals surface area (Å²) in [6.45, 7) is 7.05. The van der Waals surface area contributed by atoms with Crippen molar-refractivity contribution in [3.8, 4) is 0 Å². The van der Waals surface area contributed by atoms with Gasteiger partial charge in [-0.1, -0.05) is 13.0 Å². The lowest BCUT2D eigenvalue weighted by molar-refractivity contribution is -0.0732. The van der Waals surface area contributed by atoms with Crippen molar-refractivity contribution in [1.29, 1.82) is 0 Å². The monoisotopic (exact) mass is 158 g/mol. The molecule has 2 nitrogen and oxygen atoms in total. The molecule has 0 spiro atoms. The van der Waals surface area contributed by atoms with Gasteiger partial charge in [0.05, 0.1) is 11.7 Å². The van der Waals surface area contributed by atoms with E-state index in [0.717, 1.165) is 6.42 Å². The van der Waals surface area contributed by atoms with Crippen LogP contribution in [0.15, 0.2) is 12.7 Å². The summed E-state index contributed by atoms with van der Waals surface area (Å²) in [7, 11) is 0. The van der Waals surface area contributed by atoms with Crippen LogP contribution in [0.4, 0.5) is 0 Å². The van der Waals surface area contributed by atoms with Crippen molar-refractivity contribution in [3.63, 3.8) is 0 Å². The molecule has 66 valence electrons. The summed E-state index contributed by atoms with van der Waals surface area (Å²) in [6.07, 6.45) is 3.01. The first kappa shape index (κ1) is 10.7. The Hall–Kier alpha value is -0.340. The Bertz CT molecular complexity index is 121. The van der Waals surface area contributed by atoms with Crippen LogP contribution >= 0.6 is 0 Å². The Morgan fingerprint density at radius 1 is 1.64 bits per heavy atom. The highest BCUT2D eigenvalue weighted by molar-refractivity contribution is 4.85. The molecule has 2 atom stereocenters. The molecule has 0 aliphatic rings. The number of rotatable bonds is 5. The topological polar surface area (TPSA) is 40.5 Å². The van der Waals surface area contributed by atoms with E-state index >= 15 is 0 Å². The van der Waals surface area contributed by atoms with Gasteiger partial charge in [-0.15, -0.1) is 6.58 Å². The standard InChI is InChI=1S/C9H18O2/c1-4-6-7-9(11,5-2)8(3)10/h4,8,10-11H,1,5-7H2,2-3H3. The van der Waals surface area contributed by atoms with E-state index in [9.17, 15) is 10.2 Å². The number of hydrogen-bond acceptors (Lipinski definition) is 2. The third-order valence-electron chi connectivity index (χ3n) is 2.17. The fraction of sp³-hybridized carbons (Fsp3) is 0.778. The predicted molar refractivity (Wildman–Crippen MR) is 46.4 cm³/mol. The maximum atomic E-state index is 9.73. The molecule has 0 amide bonds. The highest BCUT2D eigenvalue weighted by Gasteiger charge is 2.29. The minimum Gasteiger partial charge on any atom is -0.390 e. The lowest BCUT2D eigenvalue weighted by Crippen LogP contribution is -2.39. The van der Waals surface area contributed by atoms with E-state index in [4.69, 9.17) is 0 Å². The van der Waals surface area contributed by atoms with Gasteiger partial charge >= 0.3 is 0 Å². The van der Waals surface area contributed by atoms with Gasteiger partial charge in [0.15, 0.2) is 0 Å². The molecule has 0 aliphatic heterocycles. The quantitative estimate of drug-likeness (QED) is 0.595. The first-order chi connectivity index (χ1) is 5.06. The summed E-state index contributed by atoms with van der Waals surface area (Å²) in [5.41, 5.74) is -0.922. The molecular formula is C9H18O2. The van der Waals surface area contributed by atoms with Crippen molar-refractivity contribution in [3.05, 3.63) is 12.7 Å². The van der Waals surface area contributed by atoms with Crippen LogP contribution in [0.2, 0.25) is 0 Å². The molecule has 0 aromatic heterocycles. The van der Waals surface area contributed by atoms with Gasteiger partial charge in [-0.2, -0.15) is 0 Å². The van der Waals surface area contributed by atoms with Gasteiger partial charge in [0.1, 0.15) is 0 Å². The SMILES string of the molecule is C=CCCC(O)(CC)C(C)O. The highest BCUT2D eigenvalue weighted by Crippen LogP contribution is 2.21. The van der Waals surface area contributed by atoms with E-state index in [1.165, 1.54) is 0 Å². The normalized spacial score (nSPS) is 18.9.